The average Bonchev–Trinajstić information content (AvgIpc) is 3.46. The standard InChI is InChI=1S/C31H30N4O6/c1-20(7-4-5-14-36)31(39)26-17-24(35(40)41)12-13-28(26)34(30(31)38)19-21-8-6-9-23(15-21)33-29(37)16-22-18-32-27-11-3-2-10-25(22)27/h2-4,6-13,15,17-18,20,32,36,39H,5,14,16,19H2,1H3,(H,33,37)/b7-4+/t20-,31+/m1/s1. The van der Waals surface area contributed by atoms with Crippen molar-refractivity contribution in [2.75, 3.05) is 16.8 Å². The van der Waals surface area contributed by atoms with Crippen molar-refractivity contribution in [2.24, 2.45) is 5.92 Å². The number of aromatic nitrogens is 1. The van der Waals surface area contributed by atoms with Gasteiger partial charge in [0.1, 0.15) is 0 Å². The number of nitro groups is 1. The van der Waals surface area contributed by atoms with Gasteiger partial charge in [-0.3, -0.25) is 19.7 Å². The first-order valence-electron chi connectivity index (χ1n) is 13.3. The van der Waals surface area contributed by atoms with E-state index in [9.17, 15) is 24.8 Å². The molecule has 1 aromatic heterocycles. The van der Waals surface area contributed by atoms with E-state index in [4.69, 9.17) is 5.11 Å². The van der Waals surface area contributed by atoms with Crippen LogP contribution in [0.2, 0.25) is 0 Å². The number of non-ortho nitro benzene ring substituents is 1. The summed E-state index contributed by atoms with van der Waals surface area (Å²) in [6.07, 6.45) is 5.64. The molecule has 0 bridgehead atoms. The molecule has 0 saturated heterocycles. The molecule has 0 unspecified atom stereocenters. The van der Waals surface area contributed by atoms with Crippen LogP contribution in [0.25, 0.3) is 10.9 Å². The molecule has 2 heterocycles. The number of aliphatic hydroxyl groups is 2. The molecule has 0 spiro atoms. The summed E-state index contributed by atoms with van der Waals surface area (Å²) < 4.78 is 0. The highest BCUT2D eigenvalue weighted by Crippen LogP contribution is 2.47. The van der Waals surface area contributed by atoms with Gasteiger partial charge in [0.2, 0.25) is 5.91 Å². The van der Waals surface area contributed by atoms with Gasteiger partial charge in [0.05, 0.1) is 23.6 Å². The highest BCUT2D eigenvalue weighted by Gasteiger charge is 2.53. The van der Waals surface area contributed by atoms with E-state index in [1.54, 1.807) is 43.3 Å². The van der Waals surface area contributed by atoms with Crippen LogP contribution < -0.4 is 10.2 Å². The number of anilines is 2. The average molecular weight is 555 g/mol. The van der Waals surface area contributed by atoms with E-state index in [-0.39, 0.29) is 36.7 Å². The lowest BCUT2D eigenvalue weighted by Gasteiger charge is -2.27. The van der Waals surface area contributed by atoms with E-state index >= 15 is 0 Å². The van der Waals surface area contributed by atoms with E-state index in [1.165, 1.54) is 23.1 Å². The van der Waals surface area contributed by atoms with Gasteiger partial charge in [0, 0.05) is 53.0 Å². The summed E-state index contributed by atoms with van der Waals surface area (Å²) in [6.45, 7) is 1.64. The fraction of sp³-hybridized carbons (Fsp3) is 0.226. The second-order valence-electron chi connectivity index (χ2n) is 10.1. The predicted molar refractivity (Wildman–Crippen MR) is 155 cm³/mol. The molecule has 4 N–H and O–H groups in total. The Balaban J connectivity index is 1.38. The zero-order valence-electron chi connectivity index (χ0n) is 22.4. The molecule has 5 rings (SSSR count). The van der Waals surface area contributed by atoms with Gasteiger partial charge in [0.15, 0.2) is 5.60 Å². The number of aromatic amines is 1. The van der Waals surface area contributed by atoms with Crippen LogP contribution in [0.3, 0.4) is 0 Å². The lowest BCUT2D eigenvalue weighted by atomic mass is 9.82. The van der Waals surface area contributed by atoms with Gasteiger partial charge >= 0.3 is 0 Å². The highest BCUT2D eigenvalue weighted by molar-refractivity contribution is 6.07. The number of aliphatic hydroxyl groups excluding tert-OH is 1. The summed E-state index contributed by atoms with van der Waals surface area (Å²) in [5.74, 6) is -1.52. The molecule has 4 aromatic rings. The van der Waals surface area contributed by atoms with Gasteiger partial charge in [0.25, 0.3) is 11.6 Å². The molecular weight excluding hydrogens is 524 g/mol. The third-order valence-corrected chi connectivity index (χ3v) is 7.42. The van der Waals surface area contributed by atoms with Gasteiger partial charge in [-0.05, 0) is 41.8 Å². The number of fused-ring (bicyclic) bond motifs is 2. The van der Waals surface area contributed by atoms with Gasteiger partial charge < -0.3 is 25.4 Å². The number of amides is 2. The fourth-order valence-corrected chi connectivity index (χ4v) is 5.31. The van der Waals surface area contributed by atoms with Crippen LogP contribution in [0.1, 0.15) is 30.0 Å². The Labute approximate surface area is 236 Å². The quantitative estimate of drug-likeness (QED) is 0.128. The van der Waals surface area contributed by atoms with E-state index in [0.717, 1.165) is 16.5 Å². The number of nitrogens with zero attached hydrogens (tertiary/aromatic N) is 2. The normalized spacial score (nSPS) is 17.2. The van der Waals surface area contributed by atoms with Crippen molar-refractivity contribution in [3.63, 3.8) is 0 Å². The number of nitrogens with one attached hydrogen (secondary N) is 2. The number of hydrogen-bond acceptors (Lipinski definition) is 6. The molecule has 3 aromatic carbocycles. The van der Waals surface area contributed by atoms with Crippen molar-refractivity contribution in [3.8, 4) is 0 Å². The molecule has 2 atom stereocenters. The van der Waals surface area contributed by atoms with Crippen molar-refractivity contribution in [3.05, 3.63) is 112 Å². The van der Waals surface area contributed by atoms with Crippen molar-refractivity contribution < 1.29 is 24.7 Å². The number of carbonyl (C=O) groups excluding carboxylic acids is 2. The molecule has 0 fully saturated rings. The Morgan fingerprint density at radius 3 is 2.76 bits per heavy atom. The molecule has 1 aliphatic rings. The van der Waals surface area contributed by atoms with Crippen LogP contribution in [0.5, 0.6) is 0 Å². The van der Waals surface area contributed by atoms with Gasteiger partial charge in [-0.15, -0.1) is 0 Å². The Hall–Kier alpha value is -4.80. The summed E-state index contributed by atoms with van der Waals surface area (Å²) in [7, 11) is 0. The maximum Gasteiger partial charge on any atom is 0.269 e. The van der Waals surface area contributed by atoms with E-state index in [0.29, 0.717) is 23.4 Å². The van der Waals surface area contributed by atoms with Crippen molar-refractivity contribution >= 4 is 39.8 Å². The Kier molecular flexibility index (Phi) is 7.69. The van der Waals surface area contributed by atoms with Crippen molar-refractivity contribution in [2.45, 2.75) is 31.9 Å². The molecule has 210 valence electrons. The van der Waals surface area contributed by atoms with Crippen LogP contribution in [-0.2, 0) is 28.2 Å². The van der Waals surface area contributed by atoms with Crippen LogP contribution >= 0.6 is 0 Å². The maximum absolute atomic E-state index is 13.7. The first-order valence-corrected chi connectivity index (χ1v) is 13.3. The maximum atomic E-state index is 13.7. The number of benzene rings is 3. The monoisotopic (exact) mass is 554 g/mol. The van der Waals surface area contributed by atoms with E-state index in [1.807, 2.05) is 30.5 Å². The smallest absolute Gasteiger partial charge is 0.269 e. The first-order chi connectivity index (χ1) is 19.7. The Morgan fingerprint density at radius 1 is 1.17 bits per heavy atom. The van der Waals surface area contributed by atoms with E-state index in [2.05, 4.69) is 10.3 Å². The van der Waals surface area contributed by atoms with E-state index < -0.39 is 22.3 Å². The third-order valence-electron chi connectivity index (χ3n) is 7.42. The second kappa shape index (κ2) is 11.4. The molecule has 1 aliphatic heterocycles. The third kappa shape index (κ3) is 5.34. The summed E-state index contributed by atoms with van der Waals surface area (Å²) >= 11 is 0. The molecule has 41 heavy (non-hydrogen) atoms. The molecule has 2 amide bonds. The zero-order valence-corrected chi connectivity index (χ0v) is 22.4. The van der Waals surface area contributed by atoms with Crippen LogP contribution in [0.4, 0.5) is 17.1 Å². The minimum absolute atomic E-state index is 0.0746. The summed E-state index contributed by atoms with van der Waals surface area (Å²) in [5.41, 5.74) is 1.35. The van der Waals surface area contributed by atoms with Crippen molar-refractivity contribution in [1.82, 2.24) is 4.98 Å². The minimum atomic E-state index is -2.03. The lowest BCUT2D eigenvalue weighted by Crippen LogP contribution is -2.44. The molecule has 0 aliphatic carbocycles. The summed E-state index contributed by atoms with van der Waals surface area (Å²) in [5, 5.41) is 36.2. The van der Waals surface area contributed by atoms with Crippen LogP contribution in [0.15, 0.2) is 85.1 Å². The highest BCUT2D eigenvalue weighted by atomic mass is 16.6. The Bertz CT molecular complexity index is 1660. The number of carbonyl (C=O) groups is 2. The largest absolute Gasteiger partial charge is 0.396 e. The van der Waals surface area contributed by atoms with Gasteiger partial charge in [-0.1, -0.05) is 49.4 Å². The molecule has 10 nitrogen and oxygen atoms in total. The van der Waals surface area contributed by atoms with Gasteiger partial charge in [-0.2, -0.15) is 0 Å². The van der Waals surface area contributed by atoms with Crippen LogP contribution in [-0.4, -0.2) is 38.5 Å². The lowest BCUT2D eigenvalue weighted by molar-refractivity contribution is -0.385. The number of hydrogen-bond donors (Lipinski definition) is 4. The predicted octanol–water partition coefficient (Wildman–Crippen LogP) is 4.57. The summed E-state index contributed by atoms with van der Waals surface area (Å²) in [6, 6.07) is 18.8. The minimum Gasteiger partial charge on any atom is -0.396 e. The SMILES string of the molecule is C[C@H](/C=C/CCO)[C@@]1(O)C(=O)N(Cc2cccc(NC(=O)Cc3c[nH]c4ccccc34)c2)c2ccc([N+](=O)[O-])cc21. The number of rotatable bonds is 10. The molecular formula is C31H30N4O6. The molecule has 10 heteroatoms. The molecule has 0 radical (unpaired) electrons. The summed E-state index contributed by atoms with van der Waals surface area (Å²) in [4.78, 5) is 42.1. The second-order valence-corrected chi connectivity index (χ2v) is 10.1. The first kappa shape index (κ1) is 27.8. The topological polar surface area (TPSA) is 149 Å². The van der Waals surface area contributed by atoms with Crippen molar-refractivity contribution in [1.29, 1.82) is 0 Å². The molecule has 0 saturated carbocycles. The van der Waals surface area contributed by atoms with Crippen LogP contribution in [0, 0.1) is 16.0 Å². The zero-order chi connectivity index (χ0) is 29.1. The van der Waals surface area contributed by atoms with Gasteiger partial charge in [-0.25, -0.2) is 0 Å². The number of nitro benzene ring substituents is 1. The fourth-order valence-electron chi connectivity index (χ4n) is 5.31. The number of para-hydroxylation sites is 1. The number of H-pyrrole nitrogens is 1. The Morgan fingerprint density at radius 2 is 1.98 bits per heavy atom.